The molecule has 1 aliphatic carbocycles. The van der Waals surface area contributed by atoms with Crippen LogP contribution in [0.3, 0.4) is 0 Å². The van der Waals surface area contributed by atoms with Crippen LogP contribution >= 0.6 is 0 Å². The molecule has 1 aromatic carbocycles. The maximum absolute atomic E-state index is 5.18. The smallest absolute Gasteiger partial charge is 0.118 e. The van der Waals surface area contributed by atoms with Crippen molar-refractivity contribution in [3.05, 3.63) is 35.9 Å². The summed E-state index contributed by atoms with van der Waals surface area (Å²) < 4.78 is 5.18. The van der Waals surface area contributed by atoms with Crippen LogP contribution in [0, 0.1) is 5.41 Å². The Morgan fingerprint density at radius 3 is 2.38 bits per heavy atom. The lowest BCUT2D eigenvalue weighted by atomic mass is 9.76. The Bertz CT molecular complexity index is 384. The third kappa shape index (κ3) is 2.46. The second kappa shape index (κ2) is 4.32. The predicted molar refractivity (Wildman–Crippen MR) is 68.6 cm³/mol. The lowest BCUT2D eigenvalue weighted by molar-refractivity contribution is 0.338. The molecule has 0 spiro atoms. The number of hydrogen-bond acceptors (Lipinski definition) is 1. The molecule has 0 atom stereocenters. The van der Waals surface area contributed by atoms with Crippen LogP contribution in [0.15, 0.2) is 30.3 Å². The summed E-state index contributed by atoms with van der Waals surface area (Å²) in [4.78, 5) is 0. The number of hydrogen-bond donors (Lipinski definition) is 0. The summed E-state index contributed by atoms with van der Waals surface area (Å²) in [6.45, 7) is 4.70. The summed E-state index contributed by atoms with van der Waals surface area (Å²) in [7, 11) is 1.71. The topological polar surface area (TPSA) is 9.23 Å². The van der Waals surface area contributed by atoms with Gasteiger partial charge in [-0.05, 0) is 47.9 Å². The minimum atomic E-state index is 0.448. The summed E-state index contributed by atoms with van der Waals surface area (Å²) in [5.74, 6) is 0.930. The average Bonchev–Trinajstić information content (AvgIpc) is 2.28. The van der Waals surface area contributed by atoms with Gasteiger partial charge in [0, 0.05) is 0 Å². The first-order valence-corrected chi connectivity index (χ1v) is 5.94. The highest BCUT2D eigenvalue weighted by Gasteiger charge is 2.23. The molecule has 0 unspecified atom stereocenters. The predicted octanol–water partition coefficient (Wildman–Crippen LogP) is 4.29. The highest BCUT2D eigenvalue weighted by Crippen LogP contribution is 2.39. The SMILES string of the molecule is COc1ccc(C2=CCCC(C)(C)C2)cc1. The second-order valence-electron chi connectivity index (χ2n) is 5.34. The van der Waals surface area contributed by atoms with Gasteiger partial charge in [0.1, 0.15) is 5.75 Å². The van der Waals surface area contributed by atoms with Crippen LogP contribution in [-0.4, -0.2) is 7.11 Å². The van der Waals surface area contributed by atoms with E-state index in [-0.39, 0.29) is 0 Å². The molecule has 1 aromatic rings. The van der Waals surface area contributed by atoms with Crippen LogP contribution in [-0.2, 0) is 0 Å². The third-order valence-corrected chi connectivity index (χ3v) is 3.34. The molecule has 1 heteroatoms. The maximum Gasteiger partial charge on any atom is 0.118 e. The second-order valence-corrected chi connectivity index (χ2v) is 5.34. The van der Waals surface area contributed by atoms with Gasteiger partial charge in [0.2, 0.25) is 0 Å². The molecule has 86 valence electrons. The third-order valence-electron chi connectivity index (χ3n) is 3.34. The van der Waals surface area contributed by atoms with Crippen molar-refractivity contribution in [2.24, 2.45) is 5.41 Å². The molecule has 0 radical (unpaired) electrons. The quantitative estimate of drug-likeness (QED) is 0.716. The van der Waals surface area contributed by atoms with Crippen LogP contribution in [0.4, 0.5) is 0 Å². The average molecular weight is 216 g/mol. The molecule has 0 heterocycles. The Labute approximate surface area is 98.1 Å². The van der Waals surface area contributed by atoms with Gasteiger partial charge in [0.05, 0.1) is 7.11 Å². The first-order valence-electron chi connectivity index (χ1n) is 5.94. The van der Waals surface area contributed by atoms with Gasteiger partial charge in [-0.15, -0.1) is 0 Å². The van der Waals surface area contributed by atoms with Gasteiger partial charge in [-0.2, -0.15) is 0 Å². The number of ether oxygens (including phenoxy) is 1. The van der Waals surface area contributed by atoms with Crippen LogP contribution in [0.2, 0.25) is 0 Å². The van der Waals surface area contributed by atoms with E-state index in [0.717, 1.165) is 5.75 Å². The number of allylic oxidation sites excluding steroid dienone is 2. The van der Waals surface area contributed by atoms with Crippen molar-refractivity contribution in [1.82, 2.24) is 0 Å². The Balaban J connectivity index is 2.21. The Morgan fingerprint density at radius 2 is 1.81 bits per heavy atom. The summed E-state index contributed by atoms with van der Waals surface area (Å²) in [6, 6.07) is 8.40. The molecule has 1 aliphatic rings. The normalized spacial score (nSPS) is 19.1. The van der Waals surface area contributed by atoms with Crippen molar-refractivity contribution in [2.75, 3.05) is 7.11 Å². The van der Waals surface area contributed by atoms with Crippen LogP contribution in [0.1, 0.15) is 38.7 Å². The maximum atomic E-state index is 5.18. The van der Waals surface area contributed by atoms with Crippen molar-refractivity contribution in [1.29, 1.82) is 0 Å². The Hall–Kier alpha value is -1.24. The van der Waals surface area contributed by atoms with Gasteiger partial charge < -0.3 is 4.74 Å². The fourth-order valence-corrected chi connectivity index (χ4v) is 2.34. The van der Waals surface area contributed by atoms with Crippen molar-refractivity contribution in [3.8, 4) is 5.75 Å². The molecule has 16 heavy (non-hydrogen) atoms. The highest BCUT2D eigenvalue weighted by atomic mass is 16.5. The van der Waals surface area contributed by atoms with Crippen molar-refractivity contribution in [2.45, 2.75) is 33.1 Å². The van der Waals surface area contributed by atoms with E-state index >= 15 is 0 Å². The first kappa shape index (κ1) is 11.3. The number of methoxy groups -OCH3 is 1. The minimum Gasteiger partial charge on any atom is -0.497 e. The molecule has 0 N–H and O–H groups in total. The van der Waals surface area contributed by atoms with E-state index in [1.807, 2.05) is 12.1 Å². The van der Waals surface area contributed by atoms with Gasteiger partial charge in [0.25, 0.3) is 0 Å². The Kier molecular flexibility index (Phi) is 3.04. The van der Waals surface area contributed by atoms with Gasteiger partial charge in [0.15, 0.2) is 0 Å². The van der Waals surface area contributed by atoms with Crippen LogP contribution < -0.4 is 4.74 Å². The molecule has 0 fully saturated rings. The molecule has 0 aliphatic heterocycles. The van der Waals surface area contributed by atoms with Gasteiger partial charge in [-0.1, -0.05) is 32.1 Å². The molecule has 0 amide bonds. The number of benzene rings is 1. The highest BCUT2D eigenvalue weighted by molar-refractivity contribution is 5.67. The van der Waals surface area contributed by atoms with Crippen LogP contribution in [0.25, 0.3) is 5.57 Å². The molecular formula is C15H20O. The molecule has 2 rings (SSSR count). The zero-order valence-corrected chi connectivity index (χ0v) is 10.4. The molecule has 0 saturated heterocycles. The lowest BCUT2D eigenvalue weighted by Crippen LogP contribution is -2.15. The first-order chi connectivity index (χ1) is 7.61. The fraction of sp³-hybridized carbons (Fsp3) is 0.467. The van der Waals surface area contributed by atoms with Gasteiger partial charge in [-0.3, -0.25) is 0 Å². The minimum absolute atomic E-state index is 0.448. The molecule has 1 nitrogen and oxygen atoms in total. The molecular weight excluding hydrogens is 196 g/mol. The summed E-state index contributed by atoms with van der Waals surface area (Å²) in [5, 5.41) is 0. The molecule has 0 aromatic heterocycles. The van der Waals surface area contributed by atoms with Crippen molar-refractivity contribution in [3.63, 3.8) is 0 Å². The van der Waals surface area contributed by atoms with E-state index in [2.05, 4.69) is 32.1 Å². The summed E-state index contributed by atoms with van der Waals surface area (Å²) in [5.41, 5.74) is 3.27. The van der Waals surface area contributed by atoms with E-state index in [4.69, 9.17) is 4.74 Å². The summed E-state index contributed by atoms with van der Waals surface area (Å²) >= 11 is 0. The van der Waals surface area contributed by atoms with E-state index in [1.165, 1.54) is 30.4 Å². The fourth-order valence-electron chi connectivity index (χ4n) is 2.34. The van der Waals surface area contributed by atoms with Crippen LogP contribution in [0.5, 0.6) is 5.75 Å². The van der Waals surface area contributed by atoms with Gasteiger partial charge >= 0.3 is 0 Å². The lowest BCUT2D eigenvalue weighted by Gasteiger charge is -2.30. The standard InChI is InChI=1S/C15H20O/c1-15(2)10-4-5-13(11-15)12-6-8-14(16-3)9-7-12/h5-9H,4,10-11H2,1-3H3. The Morgan fingerprint density at radius 1 is 1.12 bits per heavy atom. The number of rotatable bonds is 2. The van der Waals surface area contributed by atoms with E-state index in [1.54, 1.807) is 7.11 Å². The zero-order valence-electron chi connectivity index (χ0n) is 10.4. The molecule has 0 saturated carbocycles. The van der Waals surface area contributed by atoms with E-state index in [9.17, 15) is 0 Å². The van der Waals surface area contributed by atoms with Crippen molar-refractivity contribution < 1.29 is 4.74 Å². The van der Waals surface area contributed by atoms with Gasteiger partial charge in [-0.25, -0.2) is 0 Å². The van der Waals surface area contributed by atoms with E-state index < -0.39 is 0 Å². The summed E-state index contributed by atoms with van der Waals surface area (Å²) in [6.07, 6.45) is 6.06. The van der Waals surface area contributed by atoms with E-state index in [0.29, 0.717) is 5.41 Å². The molecule has 0 bridgehead atoms. The monoisotopic (exact) mass is 216 g/mol. The largest absolute Gasteiger partial charge is 0.497 e. The van der Waals surface area contributed by atoms with Crippen molar-refractivity contribution >= 4 is 5.57 Å². The zero-order chi connectivity index (χ0) is 11.6.